The lowest BCUT2D eigenvalue weighted by molar-refractivity contribution is -0.692. The fraction of sp³-hybridized carbons (Fsp3) is 0.375. The molecule has 0 aliphatic carbocycles. The van der Waals surface area contributed by atoms with Crippen molar-refractivity contribution >= 4 is 27.8 Å². The molecule has 0 N–H and O–H groups in total. The van der Waals surface area contributed by atoms with Crippen molar-refractivity contribution in [2.75, 3.05) is 18.1 Å². The third-order valence-electron chi connectivity index (χ3n) is 2.64. The summed E-state index contributed by atoms with van der Waals surface area (Å²) in [4.78, 5) is 4.34. The second-order valence-electron chi connectivity index (χ2n) is 4.43. The average molecular weight is 308 g/mol. The summed E-state index contributed by atoms with van der Waals surface area (Å²) in [5.41, 5.74) is 2.45. The van der Waals surface area contributed by atoms with E-state index in [2.05, 4.69) is 47.6 Å². The average Bonchev–Trinajstić information content (AvgIpc) is 2.47. The van der Waals surface area contributed by atoms with Crippen molar-refractivity contribution in [2.24, 2.45) is 4.99 Å². The number of aliphatic imine (C=N–C) groups is 1. The van der Waals surface area contributed by atoms with E-state index in [9.17, 15) is 0 Å². The minimum atomic E-state index is 0.871. The van der Waals surface area contributed by atoms with Crippen LogP contribution in [0.5, 0.6) is 0 Å². The Kier molecular flexibility index (Phi) is 9.16. The van der Waals surface area contributed by atoms with Crippen molar-refractivity contribution < 1.29 is 4.57 Å². The predicted octanol–water partition coefficient (Wildman–Crippen LogP) is 3.87. The van der Waals surface area contributed by atoms with Crippen LogP contribution in [0.3, 0.4) is 0 Å². The molecule has 4 heteroatoms. The van der Waals surface area contributed by atoms with Gasteiger partial charge in [-0.15, -0.1) is 0 Å². The molecule has 0 radical (unpaired) electrons. The van der Waals surface area contributed by atoms with Gasteiger partial charge in [0, 0.05) is 30.6 Å². The van der Waals surface area contributed by atoms with E-state index >= 15 is 0 Å². The summed E-state index contributed by atoms with van der Waals surface area (Å²) in [5.74, 6) is 2.18. The second kappa shape index (κ2) is 10.7. The van der Waals surface area contributed by atoms with Gasteiger partial charge in [-0.05, 0) is 25.5 Å². The van der Waals surface area contributed by atoms with Crippen LogP contribution in [0.1, 0.15) is 12.5 Å². The number of hydrogen-bond acceptors (Lipinski definition) is 3. The molecule has 0 saturated heterocycles. The minimum absolute atomic E-state index is 0.871. The highest BCUT2D eigenvalue weighted by atomic mass is 33.1. The maximum atomic E-state index is 4.34. The smallest absolute Gasteiger partial charge is 0.169 e. The van der Waals surface area contributed by atoms with E-state index in [1.165, 1.54) is 5.56 Å². The van der Waals surface area contributed by atoms with Crippen LogP contribution in [0.4, 0.5) is 0 Å². The van der Waals surface area contributed by atoms with Crippen LogP contribution < -0.4 is 4.57 Å². The van der Waals surface area contributed by atoms with Gasteiger partial charge in [0.05, 0.1) is 5.75 Å². The molecule has 0 aromatic carbocycles. The Balaban J connectivity index is 2.02. The number of aromatic nitrogens is 1. The summed E-state index contributed by atoms with van der Waals surface area (Å²) < 4.78 is 2.22. The summed E-state index contributed by atoms with van der Waals surface area (Å²) in [5, 5.41) is 0. The molecular weight excluding hydrogens is 284 g/mol. The van der Waals surface area contributed by atoms with Gasteiger partial charge in [0.1, 0.15) is 0 Å². The van der Waals surface area contributed by atoms with Crippen LogP contribution in [-0.2, 0) is 6.54 Å². The van der Waals surface area contributed by atoms with E-state index in [4.69, 9.17) is 0 Å². The fourth-order valence-electron chi connectivity index (χ4n) is 1.34. The Hall–Kier alpha value is -1.00. The normalized spacial score (nSPS) is 12.0. The number of allylic oxidation sites excluding steroid dienone is 3. The first kappa shape index (κ1) is 17.1. The molecule has 0 bridgehead atoms. The van der Waals surface area contributed by atoms with Crippen molar-refractivity contribution in [3.05, 3.63) is 54.4 Å². The molecule has 0 spiro atoms. The zero-order valence-electron chi connectivity index (χ0n) is 12.3. The van der Waals surface area contributed by atoms with E-state index in [1.54, 1.807) is 0 Å². The van der Waals surface area contributed by atoms with Gasteiger partial charge in [0.2, 0.25) is 0 Å². The molecule has 0 unspecified atom stereocenters. The van der Waals surface area contributed by atoms with E-state index in [1.807, 2.05) is 46.9 Å². The summed E-state index contributed by atoms with van der Waals surface area (Å²) in [6.07, 6.45) is 9.96. The Bertz CT molecular complexity index is 450. The van der Waals surface area contributed by atoms with Crippen molar-refractivity contribution in [2.45, 2.75) is 20.4 Å². The lowest BCUT2D eigenvalue weighted by atomic mass is 10.3. The fourth-order valence-corrected chi connectivity index (χ4v) is 3.20. The number of rotatable bonds is 9. The highest BCUT2D eigenvalue weighted by Crippen LogP contribution is 2.19. The van der Waals surface area contributed by atoms with Crippen LogP contribution in [-0.4, -0.2) is 24.3 Å². The van der Waals surface area contributed by atoms with Crippen LogP contribution >= 0.6 is 21.6 Å². The molecule has 1 aromatic rings. The monoisotopic (exact) mass is 307 g/mol. The lowest BCUT2D eigenvalue weighted by Crippen LogP contribution is -2.33. The molecule has 0 saturated carbocycles. The Morgan fingerprint density at radius 3 is 2.70 bits per heavy atom. The van der Waals surface area contributed by atoms with E-state index < -0.39 is 0 Å². The highest BCUT2D eigenvalue weighted by Gasteiger charge is 1.99. The molecule has 0 fully saturated rings. The molecule has 1 heterocycles. The topological polar surface area (TPSA) is 16.2 Å². The van der Waals surface area contributed by atoms with Crippen molar-refractivity contribution in [3.8, 4) is 0 Å². The second-order valence-corrected chi connectivity index (χ2v) is 7.13. The zero-order valence-corrected chi connectivity index (χ0v) is 13.9. The number of nitrogens with zero attached hydrogens (tertiary/aromatic N) is 2. The lowest BCUT2D eigenvalue weighted by Gasteiger charge is -1.98. The third-order valence-corrected chi connectivity index (χ3v) is 5.01. The van der Waals surface area contributed by atoms with Gasteiger partial charge in [0.15, 0.2) is 18.9 Å². The SMILES string of the molecule is C=C/C(C)=C\C=NCCSSCC[n+]1ccc(C)cc1. The molecule has 1 rings (SSSR count). The van der Waals surface area contributed by atoms with Crippen LogP contribution in [0.15, 0.2) is 53.8 Å². The van der Waals surface area contributed by atoms with Gasteiger partial charge in [-0.1, -0.05) is 39.8 Å². The molecule has 0 amide bonds. The molecule has 1 aromatic heterocycles. The molecule has 108 valence electrons. The van der Waals surface area contributed by atoms with Gasteiger partial charge in [-0.25, -0.2) is 4.57 Å². The predicted molar refractivity (Wildman–Crippen MR) is 93.6 cm³/mol. The number of aryl methyl sites for hydroxylation is 2. The first-order valence-corrected chi connectivity index (χ1v) is 9.20. The van der Waals surface area contributed by atoms with Crippen LogP contribution in [0.2, 0.25) is 0 Å². The maximum Gasteiger partial charge on any atom is 0.169 e. The first-order valence-electron chi connectivity index (χ1n) is 6.71. The molecule has 0 atom stereocenters. The molecule has 20 heavy (non-hydrogen) atoms. The minimum Gasteiger partial charge on any atom is -0.292 e. The van der Waals surface area contributed by atoms with Gasteiger partial charge in [-0.2, -0.15) is 0 Å². The van der Waals surface area contributed by atoms with Crippen LogP contribution in [0.25, 0.3) is 0 Å². The summed E-state index contributed by atoms with van der Waals surface area (Å²) in [6.45, 7) is 9.76. The zero-order chi connectivity index (χ0) is 14.6. The Labute approximate surface area is 130 Å². The summed E-state index contributed by atoms with van der Waals surface area (Å²) >= 11 is 0. The standard InChI is InChI=1S/C16H23N2S2/c1-4-15(2)5-8-17-9-13-19-20-14-12-18-10-6-16(3)7-11-18/h4-8,10-11H,1,9,12-14H2,2-3H3/q+1/b15-5-,17-8?. The van der Waals surface area contributed by atoms with E-state index in [0.29, 0.717) is 0 Å². The van der Waals surface area contributed by atoms with E-state index in [0.717, 1.165) is 30.2 Å². The number of pyridine rings is 1. The Morgan fingerprint density at radius 1 is 1.30 bits per heavy atom. The summed E-state index contributed by atoms with van der Waals surface area (Å²) in [7, 11) is 3.80. The molecule has 2 nitrogen and oxygen atoms in total. The molecule has 0 aliphatic rings. The maximum absolute atomic E-state index is 4.34. The van der Waals surface area contributed by atoms with Crippen LogP contribution in [0, 0.1) is 6.92 Å². The van der Waals surface area contributed by atoms with Crippen molar-refractivity contribution in [1.82, 2.24) is 0 Å². The molecular formula is C16H23N2S2+. The van der Waals surface area contributed by atoms with Gasteiger partial charge >= 0.3 is 0 Å². The van der Waals surface area contributed by atoms with Gasteiger partial charge < -0.3 is 0 Å². The largest absolute Gasteiger partial charge is 0.292 e. The highest BCUT2D eigenvalue weighted by molar-refractivity contribution is 8.76. The molecule has 0 aliphatic heterocycles. The first-order chi connectivity index (χ1) is 9.72. The van der Waals surface area contributed by atoms with Crippen molar-refractivity contribution in [1.29, 1.82) is 0 Å². The third kappa shape index (κ3) is 8.23. The van der Waals surface area contributed by atoms with Gasteiger partial charge in [-0.3, -0.25) is 4.99 Å². The van der Waals surface area contributed by atoms with Gasteiger partial charge in [0.25, 0.3) is 0 Å². The quantitative estimate of drug-likeness (QED) is 0.226. The number of hydrogen-bond donors (Lipinski definition) is 0. The Morgan fingerprint density at radius 2 is 2.00 bits per heavy atom. The van der Waals surface area contributed by atoms with Crippen molar-refractivity contribution in [3.63, 3.8) is 0 Å². The summed E-state index contributed by atoms with van der Waals surface area (Å²) in [6, 6.07) is 4.29. The van der Waals surface area contributed by atoms with E-state index in [-0.39, 0.29) is 0 Å².